The molecule has 2 heterocycles. The molecule has 0 bridgehead atoms. The summed E-state index contributed by atoms with van der Waals surface area (Å²) in [6, 6.07) is 29.2. The molecule has 5 rings (SSSR count). The third-order valence-corrected chi connectivity index (χ3v) is 7.06. The fourth-order valence-corrected chi connectivity index (χ4v) is 5.16. The van der Waals surface area contributed by atoms with Gasteiger partial charge >= 0.3 is 0 Å². The van der Waals surface area contributed by atoms with Crippen LogP contribution in [0.3, 0.4) is 0 Å². The number of benzene rings is 3. The maximum atomic E-state index is 13.4. The van der Waals surface area contributed by atoms with E-state index in [1.54, 1.807) is 10.9 Å². The highest BCUT2D eigenvalue weighted by molar-refractivity contribution is 7.20. The van der Waals surface area contributed by atoms with Gasteiger partial charge in [-0.3, -0.25) is 14.2 Å². The molecule has 168 valence electrons. The number of rotatable bonds is 6. The van der Waals surface area contributed by atoms with Gasteiger partial charge in [-0.15, -0.1) is 11.3 Å². The van der Waals surface area contributed by atoms with Crippen molar-refractivity contribution in [3.05, 3.63) is 135 Å². The molecule has 5 aromatic rings. The van der Waals surface area contributed by atoms with Gasteiger partial charge in [-0.2, -0.15) is 0 Å². The molecule has 1 N–H and O–H groups in total. The Morgan fingerprint density at radius 1 is 0.912 bits per heavy atom. The van der Waals surface area contributed by atoms with E-state index in [0.29, 0.717) is 27.2 Å². The second-order valence-electron chi connectivity index (χ2n) is 8.13. The first-order valence-corrected chi connectivity index (χ1v) is 11.9. The summed E-state index contributed by atoms with van der Waals surface area (Å²) in [6.07, 6.45) is 1.56. The molecule has 0 saturated carbocycles. The van der Waals surface area contributed by atoms with Crippen LogP contribution in [0, 0.1) is 6.92 Å². The quantitative estimate of drug-likeness (QED) is 0.368. The first-order valence-electron chi connectivity index (χ1n) is 11.0. The van der Waals surface area contributed by atoms with E-state index >= 15 is 0 Å². The van der Waals surface area contributed by atoms with E-state index in [9.17, 15) is 9.59 Å². The third-order valence-electron chi connectivity index (χ3n) is 5.86. The van der Waals surface area contributed by atoms with Crippen molar-refractivity contribution in [2.45, 2.75) is 19.5 Å². The van der Waals surface area contributed by atoms with E-state index in [4.69, 9.17) is 0 Å². The van der Waals surface area contributed by atoms with Crippen molar-refractivity contribution in [3.63, 3.8) is 0 Å². The molecule has 1 amide bonds. The Morgan fingerprint density at radius 2 is 1.47 bits per heavy atom. The maximum absolute atomic E-state index is 13.4. The van der Waals surface area contributed by atoms with Crippen LogP contribution in [0.15, 0.2) is 102 Å². The highest BCUT2D eigenvalue weighted by atomic mass is 32.1. The summed E-state index contributed by atoms with van der Waals surface area (Å²) in [5.41, 5.74) is 3.53. The zero-order valence-corrected chi connectivity index (χ0v) is 19.5. The molecule has 2 aromatic heterocycles. The van der Waals surface area contributed by atoms with Gasteiger partial charge in [-0.1, -0.05) is 91.0 Å². The van der Waals surface area contributed by atoms with E-state index in [1.807, 2.05) is 97.9 Å². The van der Waals surface area contributed by atoms with Crippen molar-refractivity contribution >= 4 is 27.5 Å². The molecule has 0 aliphatic rings. The average molecular weight is 466 g/mol. The van der Waals surface area contributed by atoms with Crippen LogP contribution >= 0.6 is 11.3 Å². The standard InChI is InChI=1S/C28H23N3O2S/c1-19-23-27(29-18-31(28(23)33)17-20-11-5-2-6-12-20)34-25(19)26(32)30-24(21-13-7-3-8-14-21)22-15-9-4-10-16-22/h2-16,18,24H,17H2,1H3,(H,30,32). The molecule has 34 heavy (non-hydrogen) atoms. The zero-order chi connectivity index (χ0) is 23.5. The summed E-state index contributed by atoms with van der Waals surface area (Å²) in [5, 5.41) is 3.68. The number of aromatic nitrogens is 2. The van der Waals surface area contributed by atoms with Crippen molar-refractivity contribution < 1.29 is 4.79 Å². The van der Waals surface area contributed by atoms with Crippen molar-refractivity contribution in [2.24, 2.45) is 0 Å². The zero-order valence-electron chi connectivity index (χ0n) is 18.6. The predicted octanol–water partition coefficient (Wildman–Crippen LogP) is 5.33. The maximum Gasteiger partial charge on any atom is 0.262 e. The Hall–Kier alpha value is -4.03. The van der Waals surface area contributed by atoms with E-state index in [0.717, 1.165) is 16.7 Å². The minimum atomic E-state index is -0.304. The van der Waals surface area contributed by atoms with Crippen molar-refractivity contribution in [3.8, 4) is 0 Å². The number of fused-ring (bicyclic) bond motifs is 1. The van der Waals surface area contributed by atoms with Crippen LogP contribution in [0.25, 0.3) is 10.2 Å². The van der Waals surface area contributed by atoms with Crippen LogP contribution in [0.1, 0.15) is 38.0 Å². The lowest BCUT2D eigenvalue weighted by atomic mass is 9.98. The molecule has 0 unspecified atom stereocenters. The topological polar surface area (TPSA) is 64.0 Å². The highest BCUT2D eigenvalue weighted by Gasteiger charge is 2.23. The van der Waals surface area contributed by atoms with Crippen LogP contribution in [-0.4, -0.2) is 15.5 Å². The van der Waals surface area contributed by atoms with Crippen molar-refractivity contribution in [2.75, 3.05) is 0 Å². The van der Waals surface area contributed by atoms with Crippen LogP contribution < -0.4 is 10.9 Å². The minimum Gasteiger partial charge on any atom is -0.340 e. The summed E-state index contributed by atoms with van der Waals surface area (Å²) in [5.74, 6) is -0.216. The smallest absolute Gasteiger partial charge is 0.262 e. The summed E-state index contributed by atoms with van der Waals surface area (Å²) in [4.78, 5) is 32.3. The van der Waals surface area contributed by atoms with Gasteiger partial charge < -0.3 is 5.32 Å². The van der Waals surface area contributed by atoms with Gasteiger partial charge in [0.25, 0.3) is 11.5 Å². The number of amides is 1. The molecule has 0 fully saturated rings. The summed E-state index contributed by atoms with van der Waals surface area (Å²) in [7, 11) is 0. The number of thiophene rings is 1. The molecule has 5 nitrogen and oxygen atoms in total. The average Bonchev–Trinajstić information content (AvgIpc) is 3.23. The highest BCUT2D eigenvalue weighted by Crippen LogP contribution is 2.29. The van der Waals surface area contributed by atoms with Gasteiger partial charge in [0, 0.05) is 0 Å². The Bertz CT molecular complexity index is 1450. The van der Waals surface area contributed by atoms with Crippen LogP contribution in [0.4, 0.5) is 0 Å². The molecule has 0 aliphatic carbocycles. The number of aryl methyl sites for hydroxylation is 1. The van der Waals surface area contributed by atoms with Gasteiger partial charge in [0.05, 0.1) is 29.2 Å². The van der Waals surface area contributed by atoms with E-state index in [1.165, 1.54) is 11.3 Å². The second kappa shape index (κ2) is 9.45. The number of carbonyl (C=O) groups excluding carboxylic acids is 1. The first kappa shape index (κ1) is 21.8. The van der Waals surface area contributed by atoms with E-state index < -0.39 is 0 Å². The van der Waals surface area contributed by atoms with Gasteiger partial charge in [-0.05, 0) is 29.2 Å². The van der Waals surface area contributed by atoms with E-state index in [-0.39, 0.29) is 17.5 Å². The lowest BCUT2D eigenvalue weighted by Crippen LogP contribution is -2.29. The van der Waals surface area contributed by atoms with Crippen molar-refractivity contribution in [1.82, 2.24) is 14.9 Å². The number of nitrogens with zero attached hydrogens (tertiary/aromatic N) is 2. The Balaban J connectivity index is 1.50. The Labute approximate surface area is 201 Å². The molecular weight excluding hydrogens is 442 g/mol. The largest absolute Gasteiger partial charge is 0.340 e. The molecule has 0 saturated heterocycles. The number of nitrogens with one attached hydrogen (secondary N) is 1. The van der Waals surface area contributed by atoms with Gasteiger partial charge in [0.15, 0.2) is 0 Å². The Kier molecular flexibility index (Phi) is 6.06. The minimum absolute atomic E-state index is 0.135. The van der Waals surface area contributed by atoms with Gasteiger partial charge in [-0.25, -0.2) is 4.98 Å². The summed E-state index contributed by atoms with van der Waals surface area (Å²) < 4.78 is 1.59. The molecule has 6 heteroatoms. The SMILES string of the molecule is Cc1c(C(=O)NC(c2ccccc2)c2ccccc2)sc2ncn(Cc3ccccc3)c(=O)c12. The number of carbonyl (C=O) groups is 1. The molecule has 0 aliphatic heterocycles. The Morgan fingerprint density at radius 3 is 2.06 bits per heavy atom. The monoisotopic (exact) mass is 465 g/mol. The molecular formula is C28H23N3O2S. The molecule has 3 aromatic carbocycles. The second-order valence-corrected chi connectivity index (χ2v) is 9.13. The third kappa shape index (κ3) is 4.28. The fourth-order valence-electron chi connectivity index (χ4n) is 4.12. The molecule has 0 radical (unpaired) electrons. The van der Waals surface area contributed by atoms with Crippen LogP contribution in [-0.2, 0) is 6.54 Å². The van der Waals surface area contributed by atoms with Crippen molar-refractivity contribution in [1.29, 1.82) is 0 Å². The summed E-state index contributed by atoms with van der Waals surface area (Å²) >= 11 is 1.26. The first-order chi connectivity index (χ1) is 16.6. The summed E-state index contributed by atoms with van der Waals surface area (Å²) in [6.45, 7) is 2.26. The molecule has 0 spiro atoms. The number of hydrogen-bond acceptors (Lipinski definition) is 4. The fraction of sp³-hybridized carbons (Fsp3) is 0.107. The normalized spacial score (nSPS) is 11.1. The predicted molar refractivity (Wildman–Crippen MR) is 136 cm³/mol. The van der Waals surface area contributed by atoms with Gasteiger partial charge in [0.2, 0.25) is 0 Å². The molecule has 0 atom stereocenters. The van der Waals surface area contributed by atoms with Gasteiger partial charge in [0.1, 0.15) is 4.83 Å². The lowest BCUT2D eigenvalue weighted by Gasteiger charge is -2.19. The number of hydrogen-bond donors (Lipinski definition) is 1. The van der Waals surface area contributed by atoms with Crippen LogP contribution in [0.5, 0.6) is 0 Å². The lowest BCUT2D eigenvalue weighted by molar-refractivity contribution is 0.0946. The van der Waals surface area contributed by atoms with E-state index in [2.05, 4.69) is 10.3 Å². The van der Waals surface area contributed by atoms with Crippen LogP contribution in [0.2, 0.25) is 0 Å².